The summed E-state index contributed by atoms with van der Waals surface area (Å²) in [4.78, 5) is 28.0. The van der Waals surface area contributed by atoms with E-state index in [1.807, 2.05) is 26.0 Å². The van der Waals surface area contributed by atoms with Crippen LogP contribution in [0.1, 0.15) is 26.3 Å². The number of rotatable bonds is 8. The first-order valence-electron chi connectivity index (χ1n) is 9.09. The fourth-order valence-corrected chi connectivity index (χ4v) is 3.81. The van der Waals surface area contributed by atoms with E-state index in [1.165, 1.54) is 11.8 Å². The third kappa shape index (κ3) is 7.41. The largest absolute Gasteiger partial charge is 0.352 e. The second-order valence-electron chi connectivity index (χ2n) is 6.85. The molecule has 0 heterocycles. The lowest BCUT2D eigenvalue weighted by Crippen LogP contribution is -2.49. The first kappa shape index (κ1) is 23.9. The van der Waals surface area contributed by atoms with Gasteiger partial charge in [-0.1, -0.05) is 40.9 Å². The molecule has 29 heavy (non-hydrogen) atoms. The van der Waals surface area contributed by atoms with Gasteiger partial charge in [0.2, 0.25) is 11.8 Å². The van der Waals surface area contributed by atoms with Gasteiger partial charge in [0, 0.05) is 22.5 Å². The van der Waals surface area contributed by atoms with Crippen molar-refractivity contribution in [1.29, 1.82) is 0 Å². The number of carbonyl (C=O) groups excluding carboxylic acids is 2. The Hall–Kier alpha value is -1.40. The summed E-state index contributed by atoms with van der Waals surface area (Å²) in [5, 5.41) is 4.35. The van der Waals surface area contributed by atoms with E-state index in [9.17, 15) is 9.59 Å². The number of halogens is 3. The Morgan fingerprint density at radius 3 is 2.24 bits per heavy atom. The molecule has 1 unspecified atom stereocenters. The fraction of sp³-hybridized carbons (Fsp3) is 0.333. The van der Waals surface area contributed by atoms with Gasteiger partial charge in [-0.25, -0.2) is 0 Å². The van der Waals surface area contributed by atoms with Gasteiger partial charge in [0.15, 0.2) is 0 Å². The van der Waals surface area contributed by atoms with Gasteiger partial charge in [-0.05, 0) is 62.7 Å². The number of amides is 2. The summed E-state index contributed by atoms with van der Waals surface area (Å²) < 4.78 is 0. The summed E-state index contributed by atoms with van der Waals surface area (Å²) in [6.45, 7) is 5.74. The van der Waals surface area contributed by atoms with Crippen LogP contribution in [0.3, 0.4) is 0 Å². The van der Waals surface area contributed by atoms with E-state index in [-0.39, 0.29) is 30.2 Å². The maximum atomic E-state index is 13.0. The number of nitrogens with zero attached hydrogens (tertiary/aromatic N) is 1. The summed E-state index contributed by atoms with van der Waals surface area (Å²) in [6, 6.07) is 11.8. The Morgan fingerprint density at radius 1 is 1.00 bits per heavy atom. The summed E-state index contributed by atoms with van der Waals surface area (Å²) >= 11 is 19.4. The third-order valence-corrected chi connectivity index (χ3v) is 6.10. The predicted molar refractivity (Wildman–Crippen MR) is 122 cm³/mol. The Labute approximate surface area is 190 Å². The lowest BCUT2D eigenvalue weighted by Gasteiger charge is -2.29. The first-order valence-corrected chi connectivity index (χ1v) is 11.2. The molecule has 0 aliphatic carbocycles. The van der Waals surface area contributed by atoms with Crippen LogP contribution < -0.4 is 5.32 Å². The number of hydrogen-bond acceptors (Lipinski definition) is 3. The molecule has 4 nitrogen and oxygen atoms in total. The maximum Gasteiger partial charge on any atom is 0.242 e. The van der Waals surface area contributed by atoms with Crippen molar-refractivity contribution < 1.29 is 9.59 Å². The fourth-order valence-electron chi connectivity index (χ4n) is 2.58. The molecule has 2 aromatic carbocycles. The molecule has 0 aliphatic rings. The van der Waals surface area contributed by atoms with Crippen LogP contribution in [0.2, 0.25) is 15.1 Å². The van der Waals surface area contributed by atoms with E-state index in [0.717, 1.165) is 10.5 Å². The van der Waals surface area contributed by atoms with Crippen LogP contribution in [-0.2, 0) is 16.1 Å². The van der Waals surface area contributed by atoms with Gasteiger partial charge < -0.3 is 10.2 Å². The summed E-state index contributed by atoms with van der Waals surface area (Å²) in [5.41, 5.74) is 0.799. The van der Waals surface area contributed by atoms with E-state index >= 15 is 0 Å². The Kier molecular flexibility index (Phi) is 9.15. The summed E-state index contributed by atoms with van der Waals surface area (Å²) in [6.07, 6.45) is 0. The van der Waals surface area contributed by atoms with Crippen molar-refractivity contribution in [1.82, 2.24) is 10.2 Å². The number of hydrogen-bond donors (Lipinski definition) is 1. The molecule has 0 radical (unpaired) electrons. The van der Waals surface area contributed by atoms with E-state index in [1.54, 1.807) is 42.2 Å². The number of nitrogens with one attached hydrogen (secondary N) is 1. The quantitative estimate of drug-likeness (QED) is 0.502. The van der Waals surface area contributed by atoms with Gasteiger partial charge in [-0.15, -0.1) is 11.8 Å². The molecular formula is C21H23Cl3N2O2S. The van der Waals surface area contributed by atoms with Gasteiger partial charge in [0.1, 0.15) is 6.04 Å². The van der Waals surface area contributed by atoms with Crippen molar-refractivity contribution in [3.63, 3.8) is 0 Å². The molecule has 0 spiro atoms. The second-order valence-corrected chi connectivity index (χ2v) is 9.15. The molecule has 156 valence electrons. The van der Waals surface area contributed by atoms with E-state index < -0.39 is 6.04 Å². The van der Waals surface area contributed by atoms with Gasteiger partial charge in [-0.3, -0.25) is 9.59 Å². The normalized spacial score (nSPS) is 12.0. The molecular weight excluding hydrogens is 451 g/mol. The van der Waals surface area contributed by atoms with Gasteiger partial charge in [0.25, 0.3) is 0 Å². The van der Waals surface area contributed by atoms with Crippen LogP contribution in [0.5, 0.6) is 0 Å². The Balaban J connectivity index is 2.17. The molecule has 2 aromatic rings. The number of carbonyl (C=O) groups is 2. The standard InChI is InChI=1S/C21H23Cl3N2O2S/c1-13(2)25-21(28)14(3)26(11-15-4-9-18(23)19(24)10-15)20(27)12-29-17-7-5-16(22)6-8-17/h4-10,13-14H,11-12H2,1-3H3,(H,25,28). The topological polar surface area (TPSA) is 49.4 Å². The highest BCUT2D eigenvalue weighted by Gasteiger charge is 2.26. The van der Waals surface area contributed by atoms with Gasteiger partial charge >= 0.3 is 0 Å². The number of thioether (sulfide) groups is 1. The predicted octanol–water partition coefficient (Wildman–Crippen LogP) is 5.68. The molecule has 1 atom stereocenters. The minimum atomic E-state index is -0.634. The zero-order chi connectivity index (χ0) is 21.6. The van der Waals surface area contributed by atoms with Crippen molar-refractivity contribution in [2.75, 3.05) is 5.75 Å². The zero-order valence-electron chi connectivity index (χ0n) is 16.4. The molecule has 0 fully saturated rings. The summed E-state index contributed by atoms with van der Waals surface area (Å²) in [7, 11) is 0. The second kappa shape index (κ2) is 11.1. The van der Waals surface area contributed by atoms with Crippen molar-refractivity contribution in [3.05, 3.63) is 63.1 Å². The SMILES string of the molecule is CC(C)NC(=O)C(C)N(Cc1ccc(Cl)c(Cl)c1)C(=O)CSc1ccc(Cl)cc1. The lowest BCUT2D eigenvalue weighted by molar-refractivity contribution is -0.138. The van der Waals surface area contributed by atoms with Crippen LogP contribution in [0, 0.1) is 0 Å². The van der Waals surface area contributed by atoms with E-state index in [2.05, 4.69) is 5.32 Å². The van der Waals surface area contributed by atoms with Crippen molar-refractivity contribution in [3.8, 4) is 0 Å². The minimum absolute atomic E-state index is 0.0182. The van der Waals surface area contributed by atoms with Crippen LogP contribution in [0.25, 0.3) is 0 Å². The van der Waals surface area contributed by atoms with Crippen LogP contribution in [-0.4, -0.2) is 34.6 Å². The van der Waals surface area contributed by atoms with Gasteiger partial charge in [0.05, 0.1) is 15.8 Å². The number of benzene rings is 2. The first-order chi connectivity index (χ1) is 13.7. The zero-order valence-corrected chi connectivity index (χ0v) is 19.5. The highest BCUT2D eigenvalue weighted by Crippen LogP contribution is 2.25. The van der Waals surface area contributed by atoms with Crippen molar-refractivity contribution >= 4 is 58.4 Å². The van der Waals surface area contributed by atoms with Gasteiger partial charge in [-0.2, -0.15) is 0 Å². The van der Waals surface area contributed by atoms with E-state index in [4.69, 9.17) is 34.8 Å². The van der Waals surface area contributed by atoms with Crippen LogP contribution >= 0.6 is 46.6 Å². The van der Waals surface area contributed by atoms with Crippen molar-refractivity contribution in [2.45, 2.75) is 44.3 Å². The lowest BCUT2D eigenvalue weighted by atomic mass is 10.1. The highest BCUT2D eigenvalue weighted by atomic mass is 35.5. The smallest absolute Gasteiger partial charge is 0.242 e. The van der Waals surface area contributed by atoms with Crippen LogP contribution in [0.4, 0.5) is 0 Å². The monoisotopic (exact) mass is 472 g/mol. The molecule has 0 aliphatic heterocycles. The average molecular weight is 474 g/mol. The third-order valence-electron chi connectivity index (χ3n) is 4.11. The minimum Gasteiger partial charge on any atom is -0.352 e. The molecule has 0 saturated heterocycles. The molecule has 0 bridgehead atoms. The molecule has 1 N–H and O–H groups in total. The summed E-state index contributed by atoms with van der Waals surface area (Å²) in [5.74, 6) is -0.158. The van der Waals surface area contributed by atoms with E-state index in [0.29, 0.717) is 15.1 Å². The maximum absolute atomic E-state index is 13.0. The molecule has 2 rings (SSSR count). The van der Waals surface area contributed by atoms with Crippen LogP contribution in [0.15, 0.2) is 47.4 Å². The molecule has 0 aromatic heterocycles. The molecule has 8 heteroatoms. The Morgan fingerprint density at radius 2 is 1.66 bits per heavy atom. The molecule has 0 saturated carbocycles. The highest BCUT2D eigenvalue weighted by molar-refractivity contribution is 8.00. The van der Waals surface area contributed by atoms with Crippen molar-refractivity contribution in [2.24, 2.45) is 0 Å². The molecule has 2 amide bonds. The average Bonchev–Trinajstić information content (AvgIpc) is 2.67. The Bertz CT molecular complexity index is 860.